The van der Waals surface area contributed by atoms with Crippen molar-refractivity contribution in [1.82, 2.24) is 0 Å². The molecule has 0 aliphatic carbocycles. The lowest BCUT2D eigenvalue weighted by molar-refractivity contribution is 0.103. The summed E-state index contributed by atoms with van der Waals surface area (Å²) >= 11 is 17.6. The van der Waals surface area contributed by atoms with Crippen molar-refractivity contribution in [3.8, 4) is 0 Å². The second kappa shape index (κ2) is 5.53. The van der Waals surface area contributed by atoms with Crippen molar-refractivity contribution in [2.45, 2.75) is 0 Å². The van der Waals surface area contributed by atoms with Gasteiger partial charge in [-0.2, -0.15) is 0 Å². The Bertz CT molecular complexity index is 594. The molecular formula is C11H4Br3ClOS. The van der Waals surface area contributed by atoms with Crippen LogP contribution >= 0.6 is 70.7 Å². The minimum atomic E-state index is -0.0925. The maximum Gasteiger partial charge on any atom is 0.196 e. The van der Waals surface area contributed by atoms with Crippen LogP contribution in [0.2, 0.25) is 5.02 Å². The highest BCUT2D eigenvalue weighted by atomic mass is 79.9. The minimum absolute atomic E-state index is 0.0925. The van der Waals surface area contributed by atoms with Crippen molar-refractivity contribution in [3.05, 3.63) is 52.5 Å². The highest BCUT2D eigenvalue weighted by Crippen LogP contribution is 2.35. The van der Waals surface area contributed by atoms with E-state index in [1.165, 1.54) is 11.3 Å². The van der Waals surface area contributed by atoms with Crippen LogP contribution in [0.4, 0.5) is 0 Å². The number of rotatable bonds is 2. The van der Waals surface area contributed by atoms with Gasteiger partial charge in [0.1, 0.15) is 0 Å². The fourth-order valence-corrected chi connectivity index (χ4v) is 4.69. The molecule has 2 aromatic rings. The summed E-state index contributed by atoms with van der Waals surface area (Å²) in [6, 6.07) is 7.10. The van der Waals surface area contributed by atoms with Gasteiger partial charge in [-0.3, -0.25) is 4.79 Å². The lowest BCUT2D eigenvalue weighted by atomic mass is 10.1. The van der Waals surface area contributed by atoms with E-state index in [4.69, 9.17) is 11.6 Å². The van der Waals surface area contributed by atoms with Gasteiger partial charge in [-0.1, -0.05) is 17.7 Å². The van der Waals surface area contributed by atoms with Gasteiger partial charge in [0, 0.05) is 15.6 Å². The summed E-state index contributed by atoms with van der Waals surface area (Å²) in [7, 11) is 0. The Kier molecular flexibility index (Phi) is 4.47. The monoisotopic (exact) mass is 456 g/mol. The van der Waals surface area contributed by atoms with Crippen molar-refractivity contribution in [1.29, 1.82) is 0 Å². The standard InChI is InChI=1S/C11H4Br3ClOS/c12-7-3-1-2-5(9(7)15)10(16)6-4-8(13)17-11(6)14/h1-4H. The van der Waals surface area contributed by atoms with Gasteiger partial charge in [0.25, 0.3) is 0 Å². The van der Waals surface area contributed by atoms with E-state index in [1.54, 1.807) is 24.3 Å². The van der Waals surface area contributed by atoms with Gasteiger partial charge in [0.2, 0.25) is 0 Å². The first-order valence-electron chi connectivity index (χ1n) is 4.44. The molecule has 0 unspecified atom stereocenters. The Morgan fingerprint density at radius 3 is 2.47 bits per heavy atom. The van der Waals surface area contributed by atoms with E-state index in [0.29, 0.717) is 16.1 Å². The van der Waals surface area contributed by atoms with Gasteiger partial charge in [-0.05, 0) is 66.0 Å². The van der Waals surface area contributed by atoms with E-state index in [-0.39, 0.29) is 5.78 Å². The van der Waals surface area contributed by atoms with Gasteiger partial charge in [-0.15, -0.1) is 11.3 Å². The first kappa shape index (κ1) is 13.7. The molecular weight excluding hydrogens is 455 g/mol. The number of halogens is 4. The van der Waals surface area contributed by atoms with Crippen LogP contribution in [0, 0.1) is 0 Å². The maximum absolute atomic E-state index is 12.3. The highest BCUT2D eigenvalue weighted by molar-refractivity contribution is 9.12. The number of carbonyl (C=O) groups is 1. The average Bonchev–Trinajstić information content (AvgIpc) is 2.61. The summed E-state index contributed by atoms with van der Waals surface area (Å²) in [5.74, 6) is -0.0925. The van der Waals surface area contributed by atoms with Crippen LogP contribution in [0.5, 0.6) is 0 Å². The molecule has 1 aromatic carbocycles. The molecule has 0 radical (unpaired) electrons. The molecule has 1 aromatic heterocycles. The summed E-state index contributed by atoms with van der Waals surface area (Å²) < 4.78 is 2.42. The third kappa shape index (κ3) is 2.84. The average molecular weight is 459 g/mol. The Morgan fingerprint density at radius 2 is 1.88 bits per heavy atom. The molecule has 0 fully saturated rings. The van der Waals surface area contributed by atoms with Crippen molar-refractivity contribution < 1.29 is 4.79 Å². The fourth-order valence-electron chi connectivity index (χ4n) is 1.32. The van der Waals surface area contributed by atoms with Crippen LogP contribution in [0.25, 0.3) is 0 Å². The van der Waals surface area contributed by atoms with Crippen LogP contribution in [0.1, 0.15) is 15.9 Å². The van der Waals surface area contributed by atoms with Crippen molar-refractivity contribution in [2.75, 3.05) is 0 Å². The molecule has 0 atom stereocenters. The number of benzene rings is 1. The van der Waals surface area contributed by atoms with Crippen molar-refractivity contribution >= 4 is 76.5 Å². The van der Waals surface area contributed by atoms with E-state index in [0.717, 1.165) is 12.0 Å². The summed E-state index contributed by atoms with van der Waals surface area (Å²) in [6.45, 7) is 0. The van der Waals surface area contributed by atoms with E-state index in [2.05, 4.69) is 47.8 Å². The van der Waals surface area contributed by atoms with Gasteiger partial charge in [-0.25, -0.2) is 0 Å². The van der Waals surface area contributed by atoms with Gasteiger partial charge < -0.3 is 0 Å². The maximum atomic E-state index is 12.3. The first-order chi connectivity index (χ1) is 8.00. The van der Waals surface area contributed by atoms with Gasteiger partial charge >= 0.3 is 0 Å². The molecule has 2 rings (SSSR count). The molecule has 0 saturated heterocycles. The zero-order valence-corrected chi connectivity index (χ0v) is 14.5. The van der Waals surface area contributed by atoms with E-state index in [1.807, 2.05) is 0 Å². The molecule has 0 amide bonds. The fraction of sp³-hybridized carbons (Fsp3) is 0. The van der Waals surface area contributed by atoms with E-state index < -0.39 is 0 Å². The first-order valence-corrected chi connectivity index (χ1v) is 8.01. The van der Waals surface area contributed by atoms with Crippen LogP contribution in [-0.2, 0) is 0 Å². The van der Waals surface area contributed by atoms with Crippen molar-refractivity contribution in [2.24, 2.45) is 0 Å². The third-order valence-electron chi connectivity index (χ3n) is 2.10. The van der Waals surface area contributed by atoms with E-state index in [9.17, 15) is 4.79 Å². The molecule has 17 heavy (non-hydrogen) atoms. The number of carbonyl (C=O) groups excluding carboxylic acids is 1. The Hall–Kier alpha value is 0.320. The SMILES string of the molecule is O=C(c1cc(Br)sc1Br)c1cccc(Br)c1Cl. The topological polar surface area (TPSA) is 17.1 Å². The molecule has 0 saturated carbocycles. The Morgan fingerprint density at radius 1 is 1.18 bits per heavy atom. The molecule has 0 bridgehead atoms. The summed E-state index contributed by atoms with van der Waals surface area (Å²) in [4.78, 5) is 12.3. The molecule has 1 nitrogen and oxygen atoms in total. The molecule has 1 heterocycles. The third-order valence-corrected chi connectivity index (χ3v) is 5.73. The van der Waals surface area contributed by atoms with Gasteiger partial charge in [0.05, 0.1) is 12.6 Å². The zero-order valence-electron chi connectivity index (χ0n) is 8.14. The Labute approximate surface area is 133 Å². The second-order valence-corrected chi connectivity index (χ2v) is 8.15. The normalized spacial score (nSPS) is 10.6. The molecule has 0 spiro atoms. The Balaban J connectivity index is 2.51. The summed E-state index contributed by atoms with van der Waals surface area (Å²) in [5, 5.41) is 0.437. The van der Waals surface area contributed by atoms with Crippen LogP contribution in [0.15, 0.2) is 36.3 Å². The zero-order chi connectivity index (χ0) is 12.6. The number of thiophene rings is 1. The van der Waals surface area contributed by atoms with Crippen LogP contribution in [-0.4, -0.2) is 5.78 Å². The molecule has 6 heteroatoms. The number of ketones is 1. The predicted octanol–water partition coefficient (Wildman–Crippen LogP) is 5.92. The number of hydrogen-bond donors (Lipinski definition) is 0. The highest BCUT2D eigenvalue weighted by Gasteiger charge is 2.18. The molecule has 88 valence electrons. The lowest BCUT2D eigenvalue weighted by Gasteiger charge is -2.04. The van der Waals surface area contributed by atoms with E-state index >= 15 is 0 Å². The second-order valence-electron chi connectivity index (χ2n) is 3.17. The van der Waals surface area contributed by atoms with Gasteiger partial charge in [0.15, 0.2) is 5.78 Å². The van der Waals surface area contributed by atoms with Crippen LogP contribution in [0.3, 0.4) is 0 Å². The number of hydrogen-bond acceptors (Lipinski definition) is 2. The summed E-state index contributed by atoms with van der Waals surface area (Å²) in [5.41, 5.74) is 1.11. The van der Waals surface area contributed by atoms with Crippen molar-refractivity contribution in [3.63, 3.8) is 0 Å². The minimum Gasteiger partial charge on any atom is -0.288 e. The predicted molar refractivity (Wildman–Crippen MR) is 82.3 cm³/mol. The van der Waals surface area contributed by atoms with Crippen LogP contribution < -0.4 is 0 Å². The molecule has 0 N–H and O–H groups in total. The summed E-state index contributed by atoms with van der Waals surface area (Å²) in [6.07, 6.45) is 0. The molecule has 0 aliphatic heterocycles. The quantitative estimate of drug-likeness (QED) is 0.510. The lowest BCUT2D eigenvalue weighted by Crippen LogP contribution is -2.01. The largest absolute Gasteiger partial charge is 0.288 e. The smallest absolute Gasteiger partial charge is 0.196 e. The molecule has 0 aliphatic rings.